The van der Waals surface area contributed by atoms with E-state index in [2.05, 4.69) is 25.8 Å². The van der Waals surface area contributed by atoms with E-state index >= 15 is 0 Å². The number of carbonyl (C=O) groups excluding carboxylic acids is 2. The number of amides is 2. The van der Waals surface area contributed by atoms with Crippen molar-refractivity contribution in [2.75, 3.05) is 0 Å². The number of fused-ring (bicyclic) bond motifs is 1. The topological polar surface area (TPSA) is 126 Å². The first-order valence-corrected chi connectivity index (χ1v) is 14.7. The monoisotopic (exact) mass is 625 g/mol. The summed E-state index contributed by atoms with van der Waals surface area (Å²) in [6.07, 6.45) is -0.292. The van der Waals surface area contributed by atoms with Gasteiger partial charge in [-0.1, -0.05) is 0 Å². The first-order valence-electron chi connectivity index (χ1n) is 14.7. The van der Waals surface area contributed by atoms with Crippen LogP contribution in [0.15, 0.2) is 30.7 Å². The van der Waals surface area contributed by atoms with Gasteiger partial charge in [-0.05, 0) is 76.0 Å². The maximum atomic E-state index is 14.0. The molecule has 2 aliphatic rings. The smallest absolute Gasteiger partial charge is 0.380 e. The minimum absolute atomic E-state index is 0.0183. The number of nitrogens with one attached hydrogen (secondary N) is 2. The van der Waals surface area contributed by atoms with E-state index < -0.39 is 48.0 Å². The van der Waals surface area contributed by atoms with Crippen molar-refractivity contribution < 1.29 is 36.6 Å². The van der Waals surface area contributed by atoms with Crippen molar-refractivity contribution in [2.24, 2.45) is 11.8 Å². The zero-order chi connectivity index (χ0) is 32.0. The molecule has 0 radical (unpaired) electrons. The lowest BCUT2D eigenvalue weighted by atomic mass is 9.81. The van der Waals surface area contributed by atoms with Crippen molar-refractivity contribution in [2.45, 2.75) is 102 Å². The summed E-state index contributed by atoms with van der Waals surface area (Å²) in [6.45, 7) is 4.31. The highest BCUT2D eigenvalue weighted by Crippen LogP contribution is 2.43. The van der Waals surface area contributed by atoms with Crippen molar-refractivity contribution in [3.63, 3.8) is 0 Å². The van der Waals surface area contributed by atoms with Crippen LogP contribution >= 0.6 is 0 Å². The Balaban J connectivity index is 1.41. The van der Waals surface area contributed by atoms with Crippen LogP contribution in [0.4, 0.5) is 22.0 Å². The number of hydrogen-bond acceptors (Lipinski definition) is 6. The number of rotatable bonds is 10. The number of imidazole rings is 1. The Morgan fingerprint density at radius 3 is 2.34 bits per heavy atom. The highest BCUT2D eigenvalue weighted by atomic mass is 19.4. The summed E-state index contributed by atoms with van der Waals surface area (Å²) in [6, 6.07) is 1.80. The molecule has 3 N–H and O–H groups in total. The van der Waals surface area contributed by atoms with Crippen LogP contribution in [0.2, 0.25) is 0 Å². The van der Waals surface area contributed by atoms with E-state index in [1.807, 2.05) is 13.8 Å². The first-order chi connectivity index (χ1) is 20.5. The molecular formula is C29H36F5N7O3. The summed E-state index contributed by atoms with van der Waals surface area (Å²) in [5.41, 5.74) is -1.56. The number of hydrogen-bond donors (Lipinski definition) is 3. The summed E-state index contributed by atoms with van der Waals surface area (Å²) in [7, 11) is 0. The Morgan fingerprint density at radius 2 is 1.73 bits per heavy atom. The SMILES string of the molecule is CC(C)n1nccc1C(=O)N[C@H](c1cn2ncc(C(NC(=O)CC(C)(O)C(F)(F)F)C3CC3)cc2n1)C1CCC(F)(F)CC1. The lowest BCUT2D eigenvalue weighted by molar-refractivity contribution is -0.253. The molecule has 0 bridgehead atoms. The van der Waals surface area contributed by atoms with Crippen LogP contribution in [0.3, 0.4) is 0 Å². The quantitative estimate of drug-likeness (QED) is 0.270. The highest BCUT2D eigenvalue weighted by Gasteiger charge is 2.51. The third kappa shape index (κ3) is 6.87. The van der Waals surface area contributed by atoms with Crippen molar-refractivity contribution in [3.05, 3.63) is 47.7 Å². The second kappa shape index (κ2) is 11.7. The molecule has 3 heterocycles. The van der Waals surface area contributed by atoms with Crippen LogP contribution in [0.25, 0.3) is 5.65 Å². The van der Waals surface area contributed by atoms with Crippen molar-refractivity contribution in [3.8, 4) is 0 Å². The third-order valence-electron chi connectivity index (χ3n) is 8.47. The van der Waals surface area contributed by atoms with E-state index in [9.17, 15) is 36.6 Å². The summed E-state index contributed by atoms with van der Waals surface area (Å²) >= 11 is 0. The van der Waals surface area contributed by atoms with Crippen LogP contribution in [-0.2, 0) is 4.79 Å². The number of aromatic nitrogens is 5. The van der Waals surface area contributed by atoms with Crippen LogP contribution in [-0.4, -0.2) is 59.0 Å². The van der Waals surface area contributed by atoms with Gasteiger partial charge in [0.15, 0.2) is 11.2 Å². The Labute approximate surface area is 250 Å². The van der Waals surface area contributed by atoms with Gasteiger partial charge in [0.2, 0.25) is 11.8 Å². The number of carbonyl (C=O) groups is 2. The number of nitrogens with zero attached hydrogens (tertiary/aromatic N) is 5. The molecule has 0 saturated heterocycles. The van der Waals surface area contributed by atoms with Gasteiger partial charge in [-0.2, -0.15) is 23.4 Å². The fourth-order valence-corrected chi connectivity index (χ4v) is 5.72. The second-order valence-corrected chi connectivity index (χ2v) is 12.5. The van der Waals surface area contributed by atoms with E-state index in [0.717, 1.165) is 12.8 Å². The minimum Gasteiger partial charge on any atom is -0.380 e. The summed E-state index contributed by atoms with van der Waals surface area (Å²) in [5, 5.41) is 24.0. The molecule has 5 rings (SSSR count). The van der Waals surface area contributed by atoms with E-state index in [0.29, 0.717) is 29.5 Å². The number of aliphatic hydroxyl groups is 1. The maximum absolute atomic E-state index is 14.0. The molecule has 0 spiro atoms. The van der Waals surface area contributed by atoms with Crippen LogP contribution < -0.4 is 10.6 Å². The molecule has 3 aromatic heterocycles. The van der Waals surface area contributed by atoms with Gasteiger partial charge in [0.05, 0.1) is 36.6 Å². The predicted octanol–water partition coefficient (Wildman–Crippen LogP) is 5.07. The van der Waals surface area contributed by atoms with E-state index in [-0.39, 0.29) is 43.6 Å². The van der Waals surface area contributed by atoms with E-state index in [4.69, 9.17) is 0 Å². The molecule has 0 aliphatic heterocycles. The van der Waals surface area contributed by atoms with Gasteiger partial charge in [-0.15, -0.1) is 0 Å². The lowest BCUT2D eigenvalue weighted by Crippen LogP contribution is -2.46. The molecule has 10 nitrogen and oxygen atoms in total. The molecule has 2 aliphatic carbocycles. The molecule has 2 amide bonds. The standard InChI is InChI=1S/C29H36F5N7O3/c1-16(2)41-21(8-11-35-41)26(43)39-25(18-6-9-28(30,31)10-7-18)20-15-40-22(37-20)12-19(14-36-40)24(17-4-5-17)38-23(42)13-27(3,44)29(32,33)34/h8,11-12,14-18,24-25,44H,4-7,9-10,13H2,1-3H3,(H,38,42)(H,39,43)/t24?,25-,27?/m0/s1. The average Bonchev–Trinajstić information content (AvgIpc) is 3.47. The minimum atomic E-state index is -4.97. The molecule has 2 fully saturated rings. The van der Waals surface area contributed by atoms with Crippen molar-refractivity contribution in [1.29, 1.82) is 0 Å². The van der Waals surface area contributed by atoms with Gasteiger partial charge >= 0.3 is 6.18 Å². The van der Waals surface area contributed by atoms with Gasteiger partial charge in [0.25, 0.3) is 5.91 Å². The Morgan fingerprint density at radius 1 is 1.07 bits per heavy atom. The second-order valence-electron chi connectivity index (χ2n) is 12.5. The van der Waals surface area contributed by atoms with Crippen LogP contribution in [0.5, 0.6) is 0 Å². The van der Waals surface area contributed by atoms with Gasteiger partial charge < -0.3 is 15.7 Å². The summed E-state index contributed by atoms with van der Waals surface area (Å²) < 4.78 is 70.5. The summed E-state index contributed by atoms with van der Waals surface area (Å²) in [5.74, 6) is -4.48. The largest absolute Gasteiger partial charge is 0.417 e. The van der Waals surface area contributed by atoms with Crippen LogP contribution in [0.1, 0.15) is 106 Å². The van der Waals surface area contributed by atoms with Crippen LogP contribution in [0, 0.1) is 11.8 Å². The van der Waals surface area contributed by atoms with Gasteiger partial charge in [-0.3, -0.25) is 14.3 Å². The lowest BCUT2D eigenvalue weighted by Gasteiger charge is -2.33. The Hall–Kier alpha value is -3.62. The fourth-order valence-electron chi connectivity index (χ4n) is 5.72. The zero-order valence-corrected chi connectivity index (χ0v) is 24.6. The van der Waals surface area contributed by atoms with Gasteiger partial charge in [-0.25, -0.2) is 18.3 Å². The Kier molecular flexibility index (Phi) is 8.46. The first kappa shape index (κ1) is 31.8. The molecule has 3 aromatic rings. The molecule has 2 unspecified atom stereocenters. The molecular weight excluding hydrogens is 589 g/mol. The van der Waals surface area contributed by atoms with Gasteiger partial charge in [0, 0.05) is 25.1 Å². The van der Waals surface area contributed by atoms with E-state index in [1.165, 1.54) is 16.9 Å². The predicted molar refractivity (Wildman–Crippen MR) is 148 cm³/mol. The third-order valence-corrected chi connectivity index (χ3v) is 8.47. The summed E-state index contributed by atoms with van der Waals surface area (Å²) in [4.78, 5) is 30.6. The van der Waals surface area contributed by atoms with Gasteiger partial charge in [0.1, 0.15) is 5.69 Å². The molecule has 15 heteroatoms. The zero-order valence-electron chi connectivity index (χ0n) is 24.6. The molecule has 44 heavy (non-hydrogen) atoms. The maximum Gasteiger partial charge on any atom is 0.417 e. The normalized spacial score (nSPS) is 20.3. The van der Waals surface area contributed by atoms with Crippen molar-refractivity contribution in [1.82, 2.24) is 35.0 Å². The molecule has 3 atom stereocenters. The number of halogens is 5. The van der Waals surface area contributed by atoms with E-state index in [1.54, 1.807) is 23.0 Å². The molecule has 2 saturated carbocycles. The average molecular weight is 626 g/mol. The Bertz CT molecular complexity index is 1500. The highest BCUT2D eigenvalue weighted by molar-refractivity contribution is 5.92. The number of alkyl halides is 5. The van der Waals surface area contributed by atoms with Crippen molar-refractivity contribution >= 4 is 17.5 Å². The fraction of sp³-hybridized carbons (Fsp3) is 0.621. The molecule has 0 aromatic carbocycles. The molecule has 240 valence electrons.